The summed E-state index contributed by atoms with van der Waals surface area (Å²) in [6.45, 7) is 8.71. The Morgan fingerprint density at radius 2 is 1.84 bits per heavy atom. The van der Waals surface area contributed by atoms with Crippen LogP contribution < -0.4 is 25.8 Å². The van der Waals surface area contributed by atoms with E-state index in [4.69, 9.17) is 10.5 Å². The highest BCUT2D eigenvalue weighted by Crippen LogP contribution is 2.16. The maximum absolute atomic E-state index is 13.5. The predicted octanol–water partition coefficient (Wildman–Crippen LogP) is 3.55. The van der Waals surface area contributed by atoms with Crippen LogP contribution in [-0.4, -0.2) is 58.3 Å². The third-order valence-corrected chi connectivity index (χ3v) is 7.16. The number of benzene rings is 1. The second kappa shape index (κ2) is 18.5. The predicted molar refractivity (Wildman–Crippen MR) is 174 cm³/mol. The Morgan fingerprint density at radius 1 is 1.09 bits per heavy atom. The van der Waals surface area contributed by atoms with Gasteiger partial charge in [-0.1, -0.05) is 79.5 Å². The third-order valence-electron chi connectivity index (χ3n) is 6.45. The van der Waals surface area contributed by atoms with E-state index in [0.717, 1.165) is 28.5 Å². The number of nitrogens with one attached hydrogen (secondary N) is 3. The number of hydrogen-bond donors (Lipinski definition) is 4. The van der Waals surface area contributed by atoms with Crippen LogP contribution in [0.1, 0.15) is 32.3 Å². The molecule has 10 heteroatoms. The molecule has 0 aliphatic heterocycles. The Balaban J connectivity index is 2.26. The zero-order valence-corrected chi connectivity index (χ0v) is 26.0. The van der Waals surface area contributed by atoms with Gasteiger partial charge >= 0.3 is 0 Å². The van der Waals surface area contributed by atoms with E-state index in [-0.39, 0.29) is 19.4 Å². The van der Waals surface area contributed by atoms with E-state index < -0.39 is 33.9 Å². The number of hydrogen-bond acceptors (Lipinski definition) is 6. The van der Waals surface area contributed by atoms with Crippen molar-refractivity contribution in [3.63, 3.8) is 0 Å². The van der Waals surface area contributed by atoms with Crippen molar-refractivity contribution in [3.8, 4) is 5.75 Å². The number of sulfonamides is 1. The Morgan fingerprint density at radius 3 is 2.47 bits per heavy atom. The van der Waals surface area contributed by atoms with Crippen LogP contribution in [0.4, 0.5) is 0 Å². The quantitative estimate of drug-likeness (QED) is 0.200. The fourth-order valence-electron chi connectivity index (χ4n) is 4.15. The molecule has 43 heavy (non-hydrogen) atoms. The molecule has 0 unspecified atom stereocenters. The van der Waals surface area contributed by atoms with Crippen molar-refractivity contribution in [2.24, 2.45) is 5.73 Å². The maximum Gasteiger partial charge on any atom is 0.243 e. The molecule has 0 saturated heterocycles. The van der Waals surface area contributed by atoms with Crippen LogP contribution in [0.2, 0.25) is 0 Å². The van der Waals surface area contributed by atoms with E-state index in [1.54, 1.807) is 30.3 Å². The van der Waals surface area contributed by atoms with Gasteiger partial charge < -0.3 is 21.1 Å². The van der Waals surface area contributed by atoms with Crippen molar-refractivity contribution < 1.29 is 22.7 Å². The fourth-order valence-corrected chi connectivity index (χ4v) is 4.86. The second-order valence-electron chi connectivity index (χ2n) is 9.88. The highest BCUT2D eigenvalue weighted by atomic mass is 32.2. The van der Waals surface area contributed by atoms with Crippen LogP contribution in [0.3, 0.4) is 0 Å². The molecule has 0 saturated carbocycles. The molecule has 232 valence electrons. The summed E-state index contributed by atoms with van der Waals surface area (Å²) < 4.78 is 32.3. The van der Waals surface area contributed by atoms with Crippen molar-refractivity contribution in [3.05, 3.63) is 114 Å². The number of carbonyl (C=O) groups excluding carboxylic acids is 2. The Labute approximate surface area is 256 Å². The number of amides is 2. The van der Waals surface area contributed by atoms with Gasteiger partial charge in [-0.25, -0.2) is 13.1 Å². The Kier molecular flexibility index (Phi) is 15.2. The smallest absolute Gasteiger partial charge is 0.243 e. The average Bonchev–Trinajstić information content (AvgIpc) is 3.25. The van der Waals surface area contributed by atoms with E-state index in [2.05, 4.69) is 21.9 Å². The molecule has 9 nitrogen and oxygen atoms in total. The number of carbonyl (C=O) groups is 2. The number of rotatable bonds is 17. The SMILES string of the molecule is C=C/C(=C/C=C\C(=C/C)CN)CNC(=O)[C@H](CC1=CCC=CC=C1)NC(=O)[C@@H](Cc1ccc(OCC)cc1)NS(C)(=O)=O. The molecule has 2 rings (SSSR count). The first kappa shape index (κ1) is 35.2. The highest BCUT2D eigenvalue weighted by molar-refractivity contribution is 7.88. The summed E-state index contributed by atoms with van der Waals surface area (Å²) in [7, 11) is -3.74. The first-order valence-electron chi connectivity index (χ1n) is 14.2. The molecule has 1 aromatic rings. The summed E-state index contributed by atoms with van der Waals surface area (Å²) in [5.74, 6) is -0.352. The molecule has 1 aliphatic rings. The summed E-state index contributed by atoms with van der Waals surface area (Å²) in [4.78, 5) is 27.0. The minimum atomic E-state index is -3.74. The zero-order chi connectivity index (χ0) is 31.7. The molecule has 5 N–H and O–H groups in total. The van der Waals surface area contributed by atoms with Crippen molar-refractivity contribution >= 4 is 21.8 Å². The van der Waals surface area contributed by atoms with E-state index in [1.165, 1.54) is 0 Å². The molecule has 0 heterocycles. The van der Waals surface area contributed by atoms with Crippen LogP contribution in [0.25, 0.3) is 0 Å². The number of allylic oxidation sites excluding steroid dienone is 8. The van der Waals surface area contributed by atoms with Crippen molar-refractivity contribution in [2.45, 2.75) is 45.2 Å². The Bertz CT molecular complexity index is 1390. The lowest BCUT2D eigenvalue weighted by atomic mass is 10.0. The van der Waals surface area contributed by atoms with Crippen LogP contribution in [-0.2, 0) is 26.0 Å². The molecule has 0 fully saturated rings. The van der Waals surface area contributed by atoms with Gasteiger partial charge in [-0.3, -0.25) is 9.59 Å². The summed E-state index contributed by atoms with van der Waals surface area (Å²) in [6.07, 6.45) is 20.7. The maximum atomic E-state index is 13.5. The Hall–Kier alpha value is -3.99. The van der Waals surface area contributed by atoms with E-state index >= 15 is 0 Å². The highest BCUT2D eigenvalue weighted by Gasteiger charge is 2.28. The minimum Gasteiger partial charge on any atom is -0.494 e. The number of nitrogens with two attached hydrogens (primary N) is 1. The van der Waals surface area contributed by atoms with Crippen LogP contribution in [0.5, 0.6) is 5.75 Å². The first-order valence-corrected chi connectivity index (χ1v) is 16.1. The van der Waals surface area contributed by atoms with Gasteiger partial charge in [0.1, 0.15) is 17.8 Å². The van der Waals surface area contributed by atoms with Gasteiger partial charge in [0.2, 0.25) is 21.8 Å². The lowest BCUT2D eigenvalue weighted by Gasteiger charge is -2.23. The van der Waals surface area contributed by atoms with Crippen molar-refractivity contribution in [1.82, 2.24) is 15.4 Å². The van der Waals surface area contributed by atoms with Crippen LogP contribution >= 0.6 is 0 Å². The largest absolute Gasteiger partial charge is 0.494 e. The molecule has 0 radical (unpaired) electrons. The van der Waals surface area contributed by atoms with Gasteiger partial charge in [-0.15, -0.1) is 0 Å². The van der Waals surface area contributed by atoms with Gasteiger partial charge in [0.15, 0.2) is 0 Å². The molecule has 1 aliphatic carbocycles. The van der Waals surface area contributed by atoms with E-state index in [1.807, 2.05) is 68.5 Å². The minimum absolute atomic E-state index is 0.0822. The van der Waals surface area contributed by atoms with Gasteiger partial charge in [-0.2, -0.15) is 0 Å². The van der Waals surface area contributed by atoms with Gasteiger partial charge in [0, 0.05) is 19.5 Å². The van der Waals surface area contributed by atoms with Crippen LogP contribution in [0.15, 0.2) is 108 Å². The third kappa shape index (κ3) is 13.7. The zero-order valence-electron chi connectivity index (χ0n) is 25.2. The summed E-state index contributed by atoms with van der Waals surface area (Å²) in [5.41, 5.74) is 9.02. The second-order valence-corrected chi connectivity index (χ2v) is 11.7. The van der Waals surface area contributed by atoms with Gasteiger partial charge in [-0.05, 0) is 61.1 Å². The molecule has 2 amide bonds. The summed E-state index contributed by atoms with van der Waals surface area (Å²) in [5, 5.41) is 5.68. The van der Waals surface area contributed by atoms with E-state index in [9.17, 15) is 18.0 Å². The molecular weight excluding hydrogens is 564 g/mol. The van der Waals surface area contributed by atoms with Gasteiger partial charge in [0.25, 0.3) is 0 Å². The first-order chi connectivity index (χ1) is 20.6. The molecule has 1 aromatic carbocycles. The molecule has 2 atom stereocenters. The topological polar surface area (TPSA) is 140 Å². The lowest BCUT2D eigenvalue weighted by molar-refractivity contribution is -0.129. The van der Waals surface area contributed by atoms with Crippen molar-refractivity contribution in [2.75, 3.05) is 26.0 Å². The van der Waals surface area contributed by atoms with E-state index in [0.29, 0.717) is 25.3 Å². The summed E-state index contributed by atoms with van der Waals surface area (Å²) >= 11 is 0. The average molecular weight is 609 g/mol. The van der Waals surface area contributed by atoms with Gasteiger partial charge in [0.05, 0.1) is 12.9 Å². The molecule has 0 aromatic heterocycles. The van der Waals surface area contributed by atoms with Crippen molar-refractivity contribution in [1.29, 1.82) is 0 Å². The number of ether oxygens (including phenoxy) is 1. The van der Waals surface area contributed by atoms with Crippen LogP contribution in [0, 0.1) is 0 Å². The fraction of sp³-hybridized carbons (Fsp3) is 0.333. The normalized spacial score (nSPS) is 15.4. The monoisotopic (exact) mass is 608 g/mol. The molecule has 0 spiro atoms. The molecule has 0 bridgehead atoms. The molecular formula is C33H44N4O5S. The standard InChI is InChI=1S/C33H44N4O5S/c1-5-25(23-34)15-12-16-26(6-2)24-35-32(38)30(21-27-13-10-8-9-11-14-27)36-33(39)31(37-43(4,40)41)22-28-17-19-29(20-18-28)42-7-3/h5-6,8-10,12-20,30-31,37H,2,7,11,21-24,34H2,1,3-4H3,(H,35,38)(H,36,39)/b15-12-,25-5+,26-16-/t30-,31+/m0/s1. The summed E-state index contributed by atoms with van der Waals surface area (Å²) in [6, 6.07) is 4.98. The lowest BCUT2D eigenvalue weighted by Crippen LogP contribution is -2.54.